The fraction of sp³-hybridized carbons (Fsp3) is 0.417. The van der Waals surface area contributed by atoms with Gasteiger partial charge in [-0.05, 0) is 19.4 Å². The summed E-state index contributed by atoms with van der Waals surface area (Å²) < 4.78 is 13.6. The monoisotopic (exact) mass is 269 g/mol. The molecule has 1 atom stereocenters. The second kappa shape index (κ2) is 5.75. The zero-order valence-corrected chi connectivity index (χ0v) is 10.8. The number of nitro benzene ring substituents is 1. The van der Waals surface area contributed by atoms with Gasteiger partial charge in [0, 0.05) is 12.6 Å². The summed E-state index contributed by atoms with van der Waals surface area (Å²) in [6.45, 7) is 3.17. The number of nitrogens with two attached hydrogens (primary N) is 1. The van der Waals surface area contributed by atoms with Gasteiger partial charge in [-0.25, -0.2) is 4.39 Å². The number of carbonyl (C=O) groups is 1. The van der Waals surface area contributed by atoms with Crippen LogP contribution in [0, 0.1) is 15.9 Å². The van der Waals surface area contributed by atoms with Gasteiger partial charge in [0.25, 0.3) is 5.69 Å². The fourth-order valence-corrected chi connectivity index (χ4v) is 1.56. The molecule has 0 aliphatic carbocycles. The van der Waals surface area contributed by atoms with Crippen molar-refractivity contribution in [1.82, 2.24) is 5.32 Å². The third kappa shape index (κ3) is 3.25. The van der Waals surface area contributed by atoms with E-state index in [1.807, 2.05) is 0 Å². The molecule has 0 fully saturated rings. The smallest absolute Gasteiger partial charge is 0.276 e. The Morgan fingerprint density at radius 3 is 2.68 bits per heavy atom. The maximum atomic E-state index is 13.6. The van der Waals surface area contributed by atoms with Crippen LogP contribution in [0.25, 0.3) is 0 Å². The van der Waals surface area contributed by atoms with Crippen LogP contribution in [0.5, 0.6) is 0 Å². The Balaban J connectivity index is 3.01. The van der Waals surface area contributed by atoms with E-state index in [0.717, 1.165) is 6.07 Å². The van der Waals surface area contributed by atoms with E-state index in [0.29, 0.717) is 6.42 Å². The first-order valence-corrected chi connectivity index (χ1v) is 5.78. The summed E-state index contributed by atoms with van der Waals surface area (Å²) in [5, 5.41) is 13.6. The molecule has 0 aliphatic heterocycles. The molecular weight excluding hydrogens is 253 g/mol. The van der Waals surface area contributed by atoms with Gasteiger partial charge in [0.2, 0.25) is 5.91 Å². The molecule has 1 unspecified atom stereocenters. The maximum absolute atomic E-state index is 13.6. The number of hydrogen-bond donors (Lipinski definition) is 2. The Bertz CT molecular complexity index is 507. The van der Waals surface area contributed by atoms with Gasteiger partial charge in [-0.2, -0.15) is 0 Å². The summed E-state index contributed by atoms with van der Waals surface area (Å²) in [6.07, 6.45) is 0.393. The highest BCUT2D eigenvalue weighted by Gasteiger charge is 2.29. The van der Waals surface area contributed by atoms with Crippen LogP contribution in [0.15, 0.2) is 18.2 Å². The molecule has 0 spiro atoms. The number of nitro groups is 1. The third-order valence-electron chi connectivity index (χ3n) is 3.20. The van der Waals surface area contributed by atoms with Gasteiger partial charge < -0.3 is 5.73 Å². The number of nitrogens with zero attached hydrogens (tertiary/aromatic N) is 1. The first-order valence-electron chi connectivity index (χ1n) is 5.78. The lowest BCUT2D eigenvalue weighted by Gasteiger charge is -2.26. The molecule has 1 rings (SSSR count). The second-order valence-electron chi connectivity index (χ2n) is 4.40. The number of amides is 1. The van der Waals surface area contributed by atoms with Crippen LogP contribution in [0.2, 0.25) is 0 Å². The van der Waals surface area contributed by atoms with Crippen LogP contribution in [0.1, 0.15) is 25.8 Å². The van der Waals surface area contributed by atoms with E-state index in [1.165, 1.54) is 12.1 Å². The van der Waals surface area contributed by atoms with Crippen LogP contribution < -0.4 is 11.1 Å². The highest BCUT2D eigenvalue weighted by Crippen LogP contribution is 2.22. The van der Waals surface area contributed by atoms with Crippen molar-refractivity contribution in [3.8, 4) is 0 Å². The van der Waals surface area contributed by atoms with Crippen molar-refractivity contribution in [2.75, 3.05) is 0 Å². The molecule has 0 saturated heterocycles. The molecule has 0 aromatic heterocycles. The van der Waals surface area contributed by atoms with Crippen molar-refractivity contribution in [2.45, 2.75) is 32.4 Å². The number of halogens is 1. The summed E-state index contributed by atoms with van der Waals surface area (Å²) in [7, 11) is 0. The van der Waals surface area contributed by atoms with Crippen LogP contribution in [-0.2, 0) is 11.3 Å². The van der Waals surface area contributed by atoms with Crippen molar-refractivity contribution >= 4 is 11.6 Å². The van der Waals surface area contributed by atoms with E-state index in [-0.39, 0.29) is 17.8 Å². The van der Waals surface area contributed by atoms with Crippen molar-refractivity contribution in [2.24, 2.45) is 5.73 Å². The van der Waals surface area contributed by atoms with Crippen LogP contribution >= 0.6 is 0 Å². The van der Waals surface area contributed by atoms with Gasteiger partial charge >= 0.3 is 0 Å². The first kappa shape index (κ1) is 15.0. The maximum Gasteiger partial charge on any atom is 0.276 e. The SMILES string of the molecule is CCC(C)(NCc1c(F)cccc1[N+](=O)[O-])C(N)=O. The number of carbonyl (C=O) groups excluding carboxylic acids is 1. The number of primary amides is 1. The Hall–Kier alpha value is -2.02. The minimum absolute atomic E-state index is 0.0894. The van der Waals surface area contributed by atoms with Gasteiger partial charge in [-0.1, -0.05) is 13.0 Å². The van der Waals surface area contributed by atoms with E-state index < -0.39 is 22.2 Å². The minimum Gasteiger partial charge on any atom is -0.368 e. The van der Waals surface area contributed by atoms with E-state index in [4.69, 9.17) is 5.73 Å². The number of nitrogens with one attached hydrogen (secondary N) is 1. The molecule has 0 saturated carbocycles. The zero-order chi connectivity index (χ0) is 14.6. The van der Waals surface area contributed by atoms with Crippen molar-refractivity contribution < 1.29 is 14.1 Å². The molecule has 1 amide bonds. The summed E-state index contributed by atoms with van der Waals surface area (Å²) >= 11 is 0. The molecule has 0 radical (unpaired) electrons. The number of hydrogen-bond acceptors (Lipinski definition) is 4. The molecule has 0 bridgehead atoms. The molecule has 19 heavy (non-hydrogen) atoms. The Kier molecular flexibility index (Phi) is 4.55. The molecule has 0 heterocycles. The van der Waals surface area contributed by atoms with E-state index in [1.54, 1.807) is 13.8 Å². The lowest BCUT2D eigenvalue weighted by molar-refractivity contribution is -0.385. The summed E-state index contributed by atoms with van der Waals surface area (Å²) in [5.41, 5.74) is 3.81. The van der Waals surface area contributed by atoms with Gasteiger partial charge in [-0.3, -0.25) is 20.2 Å². The zero-order valence-electron chi connectivity index (χ0n) is 10.8. The van der Waals surface area contributed by atoms with E-state index in [2.05, 4.69) is 5.32 Å². The minimum atomic E-state index is -1.03. The lowest BCUT2D eigenvalue weighted by Crippen LogP contribution is -2.52. The second-order valence-corrected chi connectivity index (χ2v) is 4.40. The standard InChI is InChI=1S/C12H16FN3O3/c1-3-12(2,11(14)17)15-7-8-9(13)5-4-6-10(8)16(18)19/h4-6,15H,3,7H2,1-2H3,(H2,14,17). The van der Waals surface area contributed by atoms with Crippen LogP contribution in [0.3, 0.4) is 0 Å². The molecule has 3 N–H and O–H groups in total. The van der Waals surface area contributed by atoms with Crippen molar-refractivity contribution in [1.29, 1.82) is 0 Å². The average Bonchev–Trinajstić information content (AvgIpc) is 2.36. The van der Waals surface area contributed by atoms with E-state index in [9.17, 15) is 19.3 Å². The Morgan fingerprint density at radius 2 is 2.21 bits per heavy atom. The summed E-state index contributed by atoms with van der Waals surface area (Å²) in [4.78, 5) is 21.5. The van der Waals surface area contributed by atoms with Crippen LogP contribution in [0.4, 0.5) is 10.1 Å². The predicted molar refractivity (Wildman–Crippen MR) is 67.8 cm³/mol. The molecule has 104 valence electrons. The number of benzene rings is 1. The molecule has 1 aromatic rings. The lowest BCUT2D eigenvalue weighted by atomic mass is 9.97. The van der Waals surface area contributed by atoms with Gasteiger partial charge in [0.05, 0.1) is 16.0 Å². The van der Waals surface area contributed by atoms with E-state index >= 15 is 0 Å². The third-order valence-corrected chi connectivity index (χ3v) is 3.20. The number of rotatable bonds is 6. The van der Waals surface area contributed by atoms with Crippen molar-refractivity contribution in [3.05, 3.63) is 39.7 Å². The largest absolute Gasteiger partial charge is 0.368 e. The highest BCUT2D eigenvalue weighted by atomic mass is 19.1. The first-order chi connectivity index (χ1) is 8.81. The Labute approximate surface area is 109 Å². The van der Waals surface area contributed by atoms with Crippen molar-refractivity contribution in [3.63, 3.8) is 0 Å². The molecule has 1 aromatic carbocycles. The van der Waals surface area contributed by atoms with Gasteiger partial charge in [0.1, 0.15) is 5.82 Å². The fourth-order valence-electron chi connectivity index (χ4n) is 1.56. The highest BCUT2D eigenvalue weighted by molar-refractivity contribution is 5.84. The Morgan fingerprint density at radius 1 is 1.58 bits per heavy atom. The molecular formula is C12H16FN3O3. The normalized spacial score (nSPS) is 13.8. The molecule has 7 heteroatoms. The quantitative estimate of drug-likeness (QED) is 0.603. The predicted octanol–water partition coefficient (Wildman–Crippen LogP) is 1.48. The van der Waals surface area contributed by atoms with Gasteiger partial charge in [-0.15, -0.1) is 0 Å². The average molecular weight is 269 g/mol. The van der Waals surface area contributed by atoms with Gasteiger partial charge in [0.15, 0.2) is 0 Å². The summed E-state index contributed by atoms with van der Waals surface area (Å²) in [5.74, 6) is -1.28. The van der Waals surface area contributed by atoms with Crippen LogP contribution in [-0.4, -0.2) is 16.4 Å². The summed E-state index contributed by atoms with van der Waals surface area (Å²) in [6, 6.07) is 3.62. The topological polar surface area (TPSA) is 98.3 Å². The molecule has 0 aliphatic rings. The molecule has 6 nitrogen and oxygen atoms in total.